The predicted octanol–water partition coefficient (Wildman–Crippen LogP) is 5.08. The Morgan fingerprint density at radius 2 is 2.00 bits per heavy atom. The van der Waals surface area contributed by atoms with Crippen LogP contribution in [0.25, 0.3) is 17.2 Å². The molecule has 0 saturated heterocycles. The Bertz CT molecular complexity index is 1190. The number of carbonyl (C=O) groups is 1. The Morgan fingerprint density at radius 3 is 2.71 bits per heavy atom. The highest BCUT2D eigenvalue weighted by Crippen LogP contribution is 2.22. The third kappa shape index (κ3) is 5.27. The Labute approximate surface area is 179 Å². The highest BCUT2D eigenvalue weighted by molar-refractivity contribution is 6.02. The SMILES string of the molecule is Cn1cc(-c2ccc(CNc3ccc(F)c(NC(=O)/C=C/c4ccco4)c3)cc2)cn1. The van der Waals surface area contributed by atoms with Crippen molar-refractivity contribution in [2.45, 2.75) is 6.54 Å². The number of furan rings is 1. The molecule has 0 bridgehead atoms. The first kappa shape index (κ1) is 20.2. The summed E-state index contributed by atoms with van der Waals surface area (Å²) in [5.41, 5.74) is 4.02. The number of amides is 1. The number of hydrogen-bond acceptors (Lipinski definition) is 4. The number of anilines is 2. The second kappa shape index (κ2) is 9.13. The normalized spacial score (nSPS) is 11.0. The van der Waals surface area contributed by atoms with Gasteiger partial charge in [-0.3, -0.25) is 9.48 Å². The van der Waals surface area contributed by atoms with Gasteiger partial charge in [-0.05, 0) is 47.5 Å². The Balaban J connectivity index is 1.37. The lowest BCUT2D eigenvalue weighted by Crippen LogP contribution is -2.10. The lowest BCUT2D eigenvalue weighted by Gasteiger charge is -2.10. The molecule has 1 amide bonds. The van der Waals surface area contributed by atoms with Crippen LogP contribution in [0.3, 0.4) is 0 Å². The van der Waals surface area contributed by atoms with Crippen LogP contribution in [-0.4, -0.2) is 15.7 Å². The van der Waals surface area contributed by atoms with E-state index >= 15 is 0 Å². The van der Waals surface area contributed by atoms with Crippen LogP contribution in [0.4, 0.5) is 15.8 Å². The zero-order chi connectivity index (χ0) is 21.6. The maximum atomic E-state index is 14.1. The van der Waals surface area contributed by atoms with Crippen molar-refractivity contribution in [1.82, 2.24) is 9.78 Å². The monoisotopic (exact) mass is 416 g/mol. The number of aryl methyl sites for hydroxylation is 1. The average molecular weight is 416 g/mol. The molecule has 0 unspecified atom stereocenters. The van der Waals surface area contributed by atoms with E-state index in [2.05, 4.69) is 15.7 Å². The van der Waals surface area contributed by atoms with Gasteiger partial charge in [-0.1, -0.05) is 24.3 Å². The minimum absolute atomic E-state index is 0.103. The molecule has 2 N–H and O–H groups in total. The second-order valence-corrected chi connectivity index (χ2v) is 6.99. The van der Waals surface area contributed by atoms with Crippen molar-refractivity contribution in [3.05, 3.63) is 96.5 Å². The molecule has 0 atom stereocenters. The number of nitrogens with one attached hydrogen (secondary N) is 2. The van der Waals surface area contributed by atoms with E-state index < -0.39 is 11.7 Å². The smallest absolute Gasteiger partial charge is 0.248 e. The second-order valence-electron chi connectivity index (χ2n) is 6.99. The van der Waals surface area contributed by atoms with Crippen LogP contribution in [0.2, 0.25) is 0 Å². The Kier molecular flexibility index (Phi) is 5.93. The van der Waals surface area contributed by atoms with Gasteiger partial charge >= 0.3 is 0 Å². The van der Waals surface area contributed by atoms with E-state index in [9.17, 15) is 9.18 Å². The van der Waals surface area contributed by atoms with Crippen molar-refractivity contribution in [2.24, 2.45) is 7.05 Å². The highest BCUT2D eigenvalue weighted by Gasteiger charge is 2.07. The Morgan fingerprint density at radius 1 is 1.16 bits per heavy atom. The van der Waals surface area contributed by atoms with Crippen LogP contribution in [0, 0.1) is 5.82 Å². The quantitative estimate of drug-likeness (QED) is 0.412. The van der Waals surface area contributed by atoms with Crippen LogP contribution < -0.4 is 10.6 Å². The van der Waals surface area contributed by atoms with Gasteiger partial charge < -0.3 is 15.1 Å². The summed E-state index contributed by atoms with van der Waals surface area (Å²) < 4.78 is 21.0. The van der Waals surface area contributed by atoms with Gasteiger partial charge in [-0.25, -0.2) is 4.39 Å². The molecule has 0 aliphatic heterocycles. The molecule has 31 heavy (non-hydrogen) atoms. The standard InChI is InChI=1S/C24H21FN4O2/c1-29-16-19(15-27-29)18-6-4-17(5-7-18)14-26-20-8-10-22(25)23(13-20)28-24(30)11-9-21-3-2-12-31-21/h2-13,15-16,26H,14H2,1H3,(H,28,30)/b11-9+. The number of carbonyl (C=O) groups excluding carboxylic acids is 1. The molecule has 0 spiro atoms. The summed E-state index contributed by atoms with van der Waals surface area (Å²) in [6, 6.07) is 16.1. The minimum atomic E-state index is -0.508. The number of hydrogen-bond donors (Lipinski definition) is 2. The summed E-state index contributed by atoms with van der Waals surface area (Å²) in [4.78, 5) is 12.1. The van der Waals surface area contributed by atoms with Gasteiger partial charge in [0, 0.05) is 37.1 Å². The number of nitrogens with zero attached hydrogens (tertiary/aromatic N) is 2. The summed E-state index contributed by atoms with van der Waals surface area (Å²) in [5, 5.41) is 9.99. The maximum Gasteiger partial charge on any atom is 0.248 e. The maximum absolute atomic E-state index is 14.1. The molecular formula is C24H21FN4O2. The van der Waals surface area contributed by atoms with Gasteiger partial charge in [0.1, 0.15) is 11.6 Å². The molecule has 2 aromatic heterocycles. The lowest BCUT2D eigenvalue weighted by atomic mass is 10.1. The molecule has 4 aromatic rings. The van der Waals surface area contributed by atoms with Crippen LogP contribution >= 0.6 is 0 Å². The third-order valence-electron chi connectivity index (χ3n) is 4.66. The van der Waals surface area contributed by atoms with E-state index in [-0.39, 0.29) is 5.69 Å². The van der Waals surface area contributed by atoms with Crippen molar-refractivity contribution in [1.29, 1.82) is 0 Å². The number of halogens is 1. The first-order valence-electron chi connectivity index (χ1n) is 9.71. The molecule has 6 nitrogen and oxygen atoms in total. The van der Waals surface area contributed by atoms with Crippen LogP contribution in [-0.2, 0) is 18.4 Å². The first-order chi connectivity index (χ1) is 15.1. The Hall–Kier alpha value is -4.13. The minimum Gasteiger partial charge on any atom is -0.465 e. The topological polar surface area (TPSA) is 72.1 Å². The molecule has 0 radical (unpaired) electrons. The molecule has 0 aliphatic carbocycles. The molecule has 4 rings (SSSR count). The van der Waals surface area contributed by atoms with Crippen molar-refractivity contribution >= 4 is 23.4 Å². The fourth-order valence-corrected chi connectivity index (χ4v) is 3.04. The van der Waals surface area contributed by atoms with E-state index in [1.165, 1.54) is 24.5 Å². The van der Waals surface area contributed by atoms with Crippen molar-refractivity contribution in [3.63, 3.8) is 0 Å². The molecule has 0 fully saturated rings. The average Bonchev–Trinajstić information content (AvgIpc) is 3.45. The molecule has 0 aliphatic rings. The zero-order valence-corrected chi connectivity index (χ0v) is 16.9. The molecule has 2 heterocycles. The van der Waals surface area contributed by atoms with Crippen molar-refractivity contribution in [3.8, 4) is 11.1 Å². The largest absolute Gasteiger partial charge is 0.465 e. The van der Waals surface area contributed by atoms with Gasteiger partial charge in [-0.15, -0.1) is 0 Å². The van der Waals surface area contributed by atoms with E-state index in [0.717, 1.165) is 16.7 Å². The zero-order valence-electron chi connectivity index (χ0n) is 16.9. The van der Waals surface area contributed by atoms with Crippen LogP contribution in [0.5, 0.6) is 0 Å². The number of rotatable bonds is 7. The fraction of sp³-hybridized carbons (Fsp3) is 0.0833. The van der Waals surface area contributed by atoms with E-state index in [1.807, 2.05) is 43.7 Å². The lowest BCUT2D eigenvalue weighted by molar-refractivity contribution is -0.111. The molecular weight excluding hydrogens is 395 g/mol. The summed E-state index contributed by atoms with van der Waals surface area (Å²) in [7, 11) is 1.89. The molecule has 7 heteroatoms. The van der Waals surface area contributed by atoms with Crippen molar-refractivity contribution in [2.75, 3.05) is 10.6 Å². The summed E-state index contributed by atoms with van der Waals surface area (Å²) in [5.74, 6) is -0.412. The number of benzene rings is 2. The van der Waals surface area contributed by atoms with Crippen molar-refractivity contribution < 1.29 is 13.6 Å². The van der Waals surface area contributed by atoms with E-state index in [4.69, 9.17) is 4.42 Å². The summed E-state index contributed by atoms with van der Waals surface area (Å²) in [6.45, 7) is 0.560. The molecule has 156 valence electrons. The fourth-order valence-electron chi connectivity index (χ4n) is 3.04. The third-order valence-corrected chi connectivity index (χ3v) is 4.66. The van der Waals surface area contributed by atoms with Crippen LogP contribution in [0.1, 0.15) is 11.3 Å². The van der Waals surface area contributed by atoms with Crippen LogP contribution in [0.15, 0.2) is 83.7 Å². The van der Waals surface area contributed by atoms with E-state index in [1.54, 1.807) is 28.9 Å². The first-order valence-corrected chi connectivity index (χ1v) is 9.71. The van der Waals surface area contributed by atoms with Gasteiger partial charge in [-0.2, -0.15) is 5.10 Å². The van der Waals surface area contributed by atoms with Gasteiger partial charge in [0.2, 0.25) is 5.91 Å². The summed E-state index contributed by atoms with van der Waals surface area (Å²) in [6.07, 6.45) is 8.11. The van der Waals surface area contributed by atoms with Gasteiger partial charge in [0.05, 0.1) is 18.1 Å². The van der Waals surface area contributed by atoms with Gasteiger partial charge in [0.25, 0.3) is 0 Å². The number of aromatic nitrogens is 2. The van der Waals surface area contributed by atoms with Gasteiger partial charge in [0.15, 0.2) is 0 Å². The van der Waals surface area contributed by atoms with E-state index in [0.29, 0.717) is 18.0 Å². The highest BCUT2D eigenvalue weighted by atomic mass is 19.1. The summed E-state index contributed by atoms with van der Waals surface area (Å²) >= 11 is 0. The molecule has 0 saturated carbocycles. The predicted molar refractivity (Wildman–Crippen MR) is 119 cm³/mol. The molecule has 2 aromatic carbocycles.